The van der Waals surface area contributed by atoms with E-state index in [9.17, 15) is 9.18 Å². The molecule has 0 atom stereocenters. The highest BCUT2D eigenvalue weighted by atomic mass is 32.1. The van der Waals surface area contributed by atoms with Gasteiger partial charge in [0.2, 0.25) is 5.91 Å². The lowest BCUT2D eigenvalue weighted by Crippen LogP contribution is -2.48. The molecule has 3 heterocycles. The van der Waals surface area contributed by atoms with E-state index in [2.05, 4.69) is 25.1 Å². The second-order valence-electron chi connectivity index (χ2n) is 6.83. The first-order chi connectivity index (χ1) is 13.6. The van der Waals surface area contributed by atoms with Crippen molar-refractivity contribution in [1.82, 2.24) is 30.0 Å². The highest BCUT2D eigenvalue weighted by molar-refractivity contribution is 7.13. The SMILES string of the molecule is Cc1nc(CN2CCN(C(=O)Cc3csc(-c4cccc(F)c4)n3)CC2)n[nH]1. The molecule has 3 aromatic rings. The Kier molecular flexibility index (Phi) is 5.45. The first-order valence-corrected chi connectivity index (χ1v) is 10.0. The topological polar surface area (TPSA) is 78.0 Å². The van der Waals surface area contributed by atoms with Crippen LogP contribution >= 0.6 is 11.3 Å². The molecule has 9 heteroatoms. The Labute approximate surface area is 166 Å². The summed E-state index contributed by atoms with van der Waals surface area (Å²) in [6.45, 7) is 5.53. The van der Waals surface area contributed by atoms with Crippen LogP contribution < -0.4 is 0 Å². The lowest BCUT2D eigenvalue weighted by atomic mass is 10.2. The maximum absolute atomic E-state index is 13.4. The molecule has 1 aliphatic heterocycles. The fourth-order valence-electron chi connectivity index (χ4n) is 3.22. The molecule has 0 unspecified atom stereocenters. The van der Waals surface area contributed by atoms with Crippen molar-refractivity contribution in [2.45, 2.75) is 19.9 Å². The van der Waals surface area contributed by atoms with Gasteiger partial charge in [-0.25, -0.2) is 14.4 Å². The van der Waals surface area contributed by atoms with Crippen molar-refractivity contribution in [3.05, 3.63) is 52.8 Å². The number of rotatable bonds is 5. The van der Waals surface area contributed by atoms with E-state index >= 15 is 0 Å². The molecule has 7 nitrogen and oxygen atoms in total. The Hall–Kier alpha value is -2.65. The molecule has 1 fully saturated rings. The minimum Gasteiger partial charge on any atom is -0.340 e. The Morgan fingerprint density at radius 1 is 1.25 bits per heavy atom. The lowest BCUT2D eigenvalue weighted by molar-refractivity contribution is -0.132. The quantitative estimate of drug-likeness (QED) is 0.711. The van der Waals surface area contributed by atoms with Gasteiger partial charge < -0.3 is 4.90 Å². The molecule has 0 spiro atoms. The average Bonchev–Trinajstić information content (AvgIpc) is 3.31. The van der Waals surface area contributed by atoms with E-state index in [1.54, 1.807) is 6.07 Å². The molecule has 28 heavy (non-hydrogen) atoms. The molecule has 4 rings (SSSR count). The minimum absolute atomic E-state index is 0.0736. The van der Waals surface area contributed by atoms with Crippen molar-refractivity contribution >= 4 is 17.2 Å². The Morgan fingerprint density at radius 3 is 2.79 bits per heavy atom. The first kappa shape index (κ1) is 18.7. The summed E-state index contributed by atoms with van der Waals surface area (Å²) in [4.78, 5) is 25.6. The van der Waals surface area contributed by atoms with Crippen LogP contribution in [0.5, 0.6) is 0 Å². The van der Waals surface area contributed by atoms with Crippen LogP contribution in [0.2, 0.25) is 0 Å². The predicted molar refractivity (Wildman–Crippen MR) is 104 cm³/mol. The number of hydrogen-bond acceptors (Lipinski definition) is 6. The van der Waals surface area contributed by atoms with Crippen LogP contribution in [0.4, 0.5) is 4.39 Å². The molecule has 146 valence electrons. The molecular weight excluding hydrogens is 379 g/mol. The average molecular weight is 400 g/mol. The van der Waals surface area contributed by atoms with Crippen LogP contribution in [-0.2, 0) is 17.8 Å². The number of piperazine rings is 1. The molecule has 0 saturated carbocycles. The van der Waals surface area contributed by atoms with Gasteiger partial charge in [0, 0.05) is 37.1 Å². The van der Waals surface area contributed by atoms with Crippen molar-refractivity contribution in [2.24, 2.45) is 0 Å². The molecule has 1 N–H and O–H groups in total. The number of carbonyl (C=O) groups excluding carboxylic acids is 1. The normalized spacial score (nSPS) is 15.1. The van der Waals surface area contributed by atoms with Crippen molar-refractivity contribution in [3.63, 3.8) is 0 Å². The number of aromatic amines is 1. The van der Waals surface area contributed by atoms with E-state index in [1.165, 1.54) is 23.5 Å². The number of benzene rings is 1. The Morgan fingerprint density at radius 2 is 2.07 bits per heavy atom. The zero-order valence-corrected chi connectivity index (χ0v) is 16.4. The zero-order chi connectivity index (χ0) is 19.5. The third-order valence-electron chi connectivity index (χ3n) is 4.69. The molecule has 1 aliphatic rings. The van der Waals surface area contributed by atoms with Gasteiger partial charge >= 0.3 is 0 Å². The number of halogens is 1. The van der Waals surface area contributed by atoms with E-state index < -0.39 is 0 Å². The molecule has 0 radical (unpaired) electrons. The van der Waals surface area contributed by atoms with Crippen molar-refractivity contribution < 1.29 is 9.18 Å². The zero-order valence-electron chi connectivity index (χ0n) is 15.6. The molecule has 0 aliphatic carbocycles. The van der Waals surface area contributed by atoms with Crippen LogP contribution in [-0.4, -0.2) is 62.1 Å². The maximum Gasteiger partial charge on any atom is 0.228 e. The summed E-state index contributed by atoms with van der Waals surface area (Å²) in [5, 5.41) is 9.62. The van der Waals surface area contributed by atoms with Gasteiger partial charge in [0.05, 0.1) is 18.7 Å². The lowest BCUT2D eigenvalue weighted by Gasteiger charge is -2.34. The number of nitrogens with one attached hydrogen (secondary N) is 1. The molecular formula is C19H21FN6OS. The largest absolute Gasteiger partial charge is 0.340 e. The summed E-state index contributed by atoms with van der Waals surface area (Å²) in [5.74, 6) is 1.38. The molecule has 1 saturated heterocycles. The maximum atomic E-state index is 13.4. The van der Waals surface area contributed by atoms with Crippen LogP contribution in [0.1, 0.15) is 17.3 Å². The summed E-state index contributed by atoms with van der Waals surface area (Å²) in [6.07, 6.45) is 0.270. The number of nitrogens with zero attached hydrogens (tertiary/aromatic N) is 5. The van der Waals surface area contributed by atoms with Gasteiger partial charge in [-0.05, 0) is 19.1 Å². The van der Waals surface area contributed by atoms with Gasteiger partial charge in [-0.3, -0.25) is 14.8 Å². The third-order valence-corrected chi connectivity index (χ3v) is 5.63. The third kappa shape index (κ3) is 4.42. The van der Waals surface area contributed by atoms with Gasteiger partial charge in [0.1, 0.15) is 16.6 Å². The van der Waals surface area contributed by atoms with Crippen LogP contribution in [0.25, 0.3) is 10.6 Å². The summed E-state index contributed by atoms with van der Waals surface area (Å²) >= 11 is 1.43. The van der Waals surface area contributed by atoms with Crippen molar-refractivity contribution in [2.75, 3.05) is 26.2 Å². The van der Waals surface area contributed by atoms with E-state index in [-0.39, 0.29) is 18.1 Å². The summed E-state index contributed by atoms with van der Waals surface area (Å²) in [5.41, 5.74) is 1.47. The number of thiazole rings is 1. The number of aromatic nitrogens is 4. The number of amides is 1. The van der Waals surface area contributed by atoms with Gasteiger partial charge in [-0.15, -0.1) is 11.3 Å². The van der Waals surface area contributed by atoms with Crippen LogP contribution in [0.15, 0.2) is 29.6 Å². The Balaban J connectivity index is 1.30. The second kappa shape index (κ2) is 8.15. The number of aryl methyl sites for hydroxylation is 1. The summed E-state index contributed by atoms with van der Waals surface area (Å²) in [7, 11) is 0. The molecule has 1 aromatic carbocycles. The van der Waals surface area contributed by atoms with E-state index in [0.29, 0.717) is 19.6 Å². The van der Waals surface area contributed by atoms with Gasteiger partial charge in [-0.1, -0.05) is 12.1 Å². The van der Waals surface area contributed by atoms with Crippen molar-refractivity contribution in [1.29, 1.82) is 0 Å². The monoisotopic (exact) mass is 400 g/mol. The second-order valence-corrected chi connectivity index (χ2v) is 7.68. The smallest absolute Gasteiger partial charge is 0.228 e. The fourth-order valence-corrected chi connectivity index (χ4v) is 4.04. The predicted octanol–water partition coefficient (Wildman–Crippen LogP) is 2.26. The number of carbonyl (C=O) groups is 1. The van der Waals surface area contributed by atoms with Gasteiger partial charge in [-0.2, -0.15) is 5.10 Å². The van der Waals surface area contributed by atoms with Crippen LogP contribution in [0, 0.1) is 12.7 Å². The Bertz CT molecular complexity index is 963. The van der Waals surface area contributed by atoms with Crippen molar-refractivity contribution in [3.8, 4) is 10.6 Å². The molecule has 2 aromatic heterocycles. The number of H-pyrrole nitrogens is 1. The molecule has 0 bridgehead atoms. The minimum atomic E-state index is -0.289. The van der Waals surface area contributed by atoms with E-state index in [4.69, 9.17) is 0 Å². The first-order valence-electron chi connectivity index (χ1n) is 9.15. The highest BCUT2D eigenvalue weighted by Gasteiger charge is 2.22. The van der Waals surface area contributed by atoms with Crippen LogP contribution in [0.3, 0.4) is 0 Å². The number of hydrogen-bond donors (Lipinski definition) is 1. The van der Waals surface area contributed by atoms with E-state index in [1.807, 2.05) is 23.3 Å². The fraction of sp³-hybridized carbons (Fsp3) is 0.368. The standard InChI is InChI=1S/C19H21FN6OS/c1-13-21-17(24-23-13)11-25-5-7-26(8-6-25)18(27)10-16-12-28-19(22-16)14-3-2-4-15(20)9-14/h2-4,9,12H,5-8,10-11H2,1H3,(H,21,23,24). The van der Waals surface area contributed by atoms with E-state index in [0.717, 1.165) is 41.0 Å². The van der Waals surface area contributed by atoms with Gasteiger partial charge in [0.15, 0.2) is 5.82 Å². The summed E-state index contributed by atoms with van der Waals surface area (Å²) in [6, 6.07) is 6.35. The van der Waals surface area contributed by atoms with Gasteiger partial charge in [0.25, 0.3) is 0 Å². The highest BCUT2D eigenvalue weighted by Crippen LogP contribution is 2.24. The molecule has 1 amide bonds. The summed E-state index contributed by atoms with van der Waals surface area (Å²) < 4.78 is 13.4.